The fourth-order valence-electron chi connectivity index (χ4n) is 2.59. The highest BCUT2D eigenvalue weighted by Crippen LogP contribution is 2.20. The van der Waals surface area contributed by atoms with Crippen molar-refractivity contribution in [2.75, 3.05) is 30.4 Å². The molecule has 1 N–H and O–H groups in total. The lowest BCUT2D eigenvalue weighted by Crippen LogP contribution is -2.28. The number of nitrogens with zero attached hydrogens (tertiary/aromatic N) is 3. The van der Waals surface area contributed by atoms with Gasteiger partial charge >= 0.3 is 0 Å². The van der Waals surface area contributed by atoms with Gasteiger partial charge in [-0.3, -0.25) is 0 Å². The van der Waals surface area contributed by atoms with Crippen LogP contribution in [0.15, 0.2) is 6.07 Å². The molecule has 1 saturated heterocycles. The van der Waals surface area contributed by atoms with Crippen LogP contribution in [0.5, 0.6) is 0 Å². The van der Waals surface area contributed by atoms with Crippen LogP contribution in [0.3, 0.4) is 0 Å². The number of aromatic nitrogens is 2. The Morgan fingerprint density at radius 1 is 1.11 bits per heavy atom. The van der Waals surface area contributed by atoms with E-state index in [0.29, 0.717) is 0 Å². The molecule has 0 bridgehead atoms. The molecule has 4 nitrogen and oxygen atoms in total. The summed E-state index contributed by atoms with van der Waals surface area (Å²) in [5, 5.41) is 3.16. The van der Waals surface area contributed by atoms with Crippen molar-refractivity contribution in [3.8, 4) is 0 Å². The van der Waals surface area contributed by atoms with Crippen LogP contribution in [-0.2, 0) is 6.42 Å². The molecular weight excluding hydrogens is 236 g/mol. The lowest BCUT2D eigenvalue weighted by atomic mass is 10.1. The molecule has 106 valence electrons. The molecule has 1 fully saturated rings. The van der Waals surface area contributed by atoms with Crippen LogP contribution in [0.2, 0.25) is 0 Å². The summed E-state index contributed by atoms with van der Waals surface area (Å²) in [6.07, 6.45) is 8.69. The molecule has 0 aliphatic carbocycles. The fraction of sp³-hybridized carbons (Fsp3) is 0.733. The van der Waals surface area contributed by atoms with Gasteiger partial charge in [0.2, 0.25) is 0 Å². The molecule has 0 unspecified atom stereocenters. The van der Waals surface area contributed by atoms with E-state index in [0.717, 1.165) is 43.4 Å². The Labute approximate surface area is 116 Å². The van der Waals surface area contributed by atoms with Gasteiger partial charge in [0.1, 0.15) is 17.5 Å². The molecule has 0 spiro atoms. The highest BCUT2D eigenvalue weighted by molar-refractivity contribution is 5.49. The first-order chi connectivity index (χ1) is 9.33. The van der Waals surface area contributed by atoms with E-state index >= 15 is 0 Å². The molecule has 0 saturated carbocycles. The SMILES string of the molecule is CCCc1nc(NC)cc(N2CCCCCCC2)n1. The largest absolute Gasteiger partial charge is 0.373 e. The summed E-state index contributed by atoms with van der Waals surface area (Å²) >= 11 is 0. The minimum atomic E-state index is 0.940. The normalized spacial score (nSPS) is 16.8. The highest BCUT2D eigenvalue weighted by atomic mass is 15.2. The summed E-state index contributed by atoms with van der Waals surface area (Å²) < 4.78 is 0. The second-order valence-electron chi connectivity index (χ2n) is 5.28. The summed E-state index contributed by atoms with van der Waals surface area (Å²) in [6.45, 7) is 4.43. The summed E-state index contributed by atoms with van der Waals surface area (Å²) in [5.74, 6) is 3.01. The number of hydrogen-bond donors (Lipinski definition) is 1. The molecule has 4 heteroatoms. The van der Waals surface area contributed by atoms with Crippen molar-refractivity contribution >= 4 is 11.6 Å². The van der Waals surface area contributed by atoms with Gasteiger partial charge in [-0.05, 0) is 19.3 Å². The highest BCUT2D eigenvalue weighted by Gasteiger charge is 2.12. The van der Waals surface area contributed by atoms with E-state index in [9.17, 15) is 0 Å². The molecule has 1 aromatic rings. The van der Waals surface area contributed by atoms with E-state index in [1.54, 1.807) is 0 Å². The molecule has 2 heterocycles. The maximum Gasteiger partial charge on any atom is 0.134 e. The van der Waals surface area contributed by atoms with Crippen LogP contribution in [-0.4, -0.2) is 30.1 Å². The van der Waals surface area contributed by atoms with Crippen molar-refractivity contribution < 1.29 is 0 Å². The zero-order valence-electron chi connectivity index (χ0n) is 12.3. The number of aryl methyl sites for hydroxylation is 1. The van der Waals surface area contributed by atoms with E-state index in [4.69, 9.17) is 4.98 Å². The van der Waals surface area contributed by atoms with Crippen LogP contribution < -0.4 is 10.2 Å². The Bertz CT molecular complexity index is 384. The number of hydrogen-bond acceptors (Lipinski definition) is 4. The Balaban J connectivity index is 2.17. The van der Waals surface area contributed by atoms with Gasteiger partial charge in [0.15, 0.2) is 0 Å². The molecule has 19 heavy (non-hydrogen) atoms. The summed E-state index contributed by atoms with van der Waals surface area (Å²) in [5.41, 5.74) is 0. The van der Waals surface area contributed by atoms with Gasteiger partial charge in [0, 0.05) is 32.6 Å². The van der Waals surface area contributed by atoms with Crippen LogP contribution in [0.25, 0.3) is 0 Å². The Kier molecular flexibility index (Phi) is 5.43. The van der Waals surface area contributed by atoms with E-state index in [-0.39, 0.29) is 0 Å². The first kappa shape index (κ1) is 14.1. The quantitative estimate of drug-likeness (QED) is 0.904. The maximum absolute atomic E-state index is 4.74. The Hall–Kier alpha value is -1.32. The van der Waals surface area contributed by atoms with E-state index < -0.39 is 0 Å². The summed E-state index contributed by atoms with van der Waals surface area (Å²) in [4.78, 5) is 11.7. The van der Waals surface area contributed by atoms with Gasteiger partial charge in [-0.15, -0.1) is 0 Å². The predicted octanol–water partition coefficient (Wildman–Crippen LogP) is 3.24. The molecule has 1 aliphatic rings. The molecule has 1 aliphatic heterocycles. The summed E-state index contributed by atoms with van der Waals surface area (Å²) in [6, 6.07) is 2.08. The van der Waals surface area contributed by atoms with Crippen LogP contribution in [0, 0.1) is 0 Å². The van der Waals surface area contributed by atoms with Crippen molar-refractivity contribution in [3.05, 3.63) is 11.9 Å². The lowest BCUT2D eigenvalue weighted by molar-refractivity contribution is 0.553. The minimum Gasteiger partial charge on any atom is -0.373 e. The summed E-state index contributed by atoms with van der Waals surface area (Å²) in [7, 11) is 1.93. The fourth-order valence-corrected chi connectivity index (χ4v) is 2.59. The molecule has 2 rings (SSSR count). The molecule has 0 aromatic carbocycles. The monoisotopic (exact) mass is 262 g/mol. The van der Waals surface area contributed by atoms with Crippen molar-refractivity contribution in [1.82, 2.24) is 9.97 Å². The van der Waals surface area contributed by atoms with Gasteiger partial charge in [0.05, 0.1) is 0 Å². The Morgan fingerprint density at radius 2 is 1.79 bits per heavy atom. The maximum atomic E-state index is 4.74. The third-order valence-electron chi connectivity index (χ3n) is 3.67. The average molecular weight is 262 g/mol. The van der Waals surface area contributed by atoms with E-state index in [2.05, 4.69) is 28.2 Å². The smallest absolute Gasteiger partial charge is 0.134 e. The van der Waals surface area contributed by atoms with Gasteiger partial charge in [0.25, 0.3) is 0 Å². The first-order valence-electron chi connectivity index (χ1n) is 7.64. The molecular formula is C15H26N4. The van der Waals surface area contributed by atoms with E-state index in [1.165, 1.54) is 32.1 Å². The van der Waals surface area contributed by atoms with Gasteiger partial charge < -0.3 is 10.2 Å². The van der Waals surface area contributed by atoms with Crippen molar-refractivity contribution in [2.45, 2.75) is 51.9 Å². The minimum absolute atomic E-state index is 0.940. The molecule has 0 radical (unpaired) electrons. The molecule has 0 atom stereocenters. The zero-order valence-corrected chi connectivity index (χ0v) is 12.3. The number of anilines is 2. The second-order valence-corrected chi connectivity index (χ2v) is 5.28. The van der Waals surface area contributed by atoms with Gasteiger partial charge in [-0.25, -0.2) is 9.97 Å². The van der Waals surface area contributed by atoms with Crippen LogP contribution in [0.4, 0.5) is 11.6 Å². The number of nitrogens with one attached hydrogen (secondary N) is 1. The van der Waals surface area contributed by atoms with Crippen LogP contribution in [0.1, 0.15) is 51.3 Å². The Morgan fingerprint density at radius 3 is 2.42 bits per heavy atom. The van der Waals surface area contributed by atoms with Crippen molar-refractivity contribution in [1.29, 1.82) is 0 Å². The van der Waals surface area contributed by atoms with Gasteiger partial charge in [-0.1, -0.05) is 26.2 Å². The zero-order chi connectivity index (χ0) is 13.5. The van der Waals surface area contributed by atoms with Crippen molar-refractivity contribution in [2.24, 2.45) is 0 Å². The molecule has 1 aromatic heterocycles. The van der Waals surface area contributed by atoms with E-state index in [1.807, 2.05) is 7.05 Å². The van der Waals surface area contributed by atoms with Crippen LogP contribution >= 0.6 is 0 Å². The first-order valence-corrected chi connectivity index (χ1v) is 7.64. The topological polar surface area (TPSA) is 41.1 Å². The molecule has 0 amide bonds. The van der Waals surface area contributed by atoms with Crippen molar-refractivity contribution in [3.63, 3.8) is 0 Å². The standard InChI is InChI=1S/C15H26N4/c1-3-9-13-17-14(16-2)12-15(18-13)19-10-7-5-4-6-8-11-19/h12H,3-11H2,1-2H3,(H,16,17,18). The average Bonchev–Trinajstić information content (AvgIpc) is 2.38. The second kappa shape index (κ2) is 7.31. The third-order valence-corrected chi connectivity index (χ3v) is 3.67. The number of rotatable bonds is 4. The van der Waals surface area contributed by atoms with Gasteiger partial charge in [-0.2, -0.15) is 0 Å². The third kappa shape index (κ3) is 4.08. The lowest BCUT2D eigenvalue weighted by Gasteiger charge is -2.26. The predicted molar refractivity (Wildman–Crippen MR) is 80.9 cm³/mol.